The Labute approximate surface area is 117 Å². The smallest absolute Gasteiger partial charge is 0.251 e. The Morgan fingerprint density at radius 3 is 2.74 bits per heavy atom. The highest BCUT2D eigenvalue weighted by Gasteiger charge is 2.04. The van der Waals surface area contributed by atoms with Crippen LogP contribution < -0.4 is 5.32 Å². The Morgan fingerprint density at radius 1 is 1.32 bits per heavy atom. The van der Waals surface area contributed by atoms with Crippen molar-refractivity contribution in [1.82, 2.24) is 14.9 Å². The molecule has 0 aliphatic carbocycles. The number of amides is 1. The first kappa shape index (κ1) is 13.6. The second-order valence-electron chi connectivity index (χ2n) is 4.24. The molecular formula is C14H16ClN3O. The fourth-order valence-corrected chi connectivity index (χ4v) is 1.91. The van der Waals surface area contributed by atoms with E-state index < -0.39 is 0 Å². The summed E-state index contributed by atoms with van der Waals surface area (Å²) in [6.45, 7) is 1.50. The van der Waals surface area contributed by atoms with Crippen molar-refractivity contribution in [3.05, 3.63) is 54.1 Å². The number of halogens is 1. The Balaban J connectivity index is 1.74. The van der Waals surface area contributed by atoms with Crippen LogP contribution in [0.3, 0.4) is 0 Å². The summed E-state index contributed by atoms with van der Waals surface area (Å²) in [6.07, 6.45) is 6.30. The number of carbonyl (C=O) groups excluding carboxylic acids is 1. The number of carbonyl (C=O) groups is 1. The Kier molecular flexibility index (Phi) is 4.98. The molecule has 1 heterocycles. The number of hydrogen-bond acceptors (Lipinski definition) is 2. The van der Waals surface area contributed by atoms with E-state index in [1.165, 1.54) is 0 Å². The lowest BCUT2D eigenvalue weighted by Crippen LogP contribution is -2.25. The van der Waals surface area contributed by atoms with Gasteiger partial charge in [0.25, 0.3) is 5.91 Å². The van der Waals surface area contributed by atoms with Crippen molar-refractivity contribution < 1.29 is 4.79 Å². The summed E-state index contributed by atoms with van der Waals surface area (Å²) in [5, 5.41) is 2.89. The van der Waals surface area contributed by atoms with Crippen molar-refractivity contribution in [3.8, 4) is 0 Å². The maximum absolute atomic E-state index is 11.8. The number of imidazole rings is 1. The molecule has 0 saturated heterocycles. The molecule has 1 amide bonds. The first-order valence-electron chi connectivity index (χ1n) is 6.18. The van der Waals surface area contributed by atoms with Gasteiger partial charge in [-0.3, -0.25) is 4.79 Å². The quantitative estimate of drug-likeness (QED) is 0.651. The topological polar surface area (TPSA) is 46.9 Å². The zero-order valence-corrected chi connectivity index (χ0v) is 11.3. The van der Waals surface area contributed by atoms with Gasteiger partial charge in [0.1, 0.15) is 0 Å². The highest BCUT2D eigenvalue weighted by Crippen LogP contribution is 2.06. The number of aryl methyl sites for hydroxylation is 1. The molecule has 100 valence electrons. The molecule has 2 aromatic rings. The van der Waals surface area contributed by atoms with Crippen molar-refractivity contribution >= 4 is 17.5 Å². The van der Waals surface area contributed by atoms with E-state index >= 15 is 0 Å². The fourth-order valence-electron chi connectivity index (χ4n) is 1.73. The molecule has 0 aliphatic heterocycles. The van der Waals surface area contributed by atoms with Gasteiger partial charge >= 0.3 is 0 Å². The molecular weight excluding hydrogens is 262 g/mol. The SMILES string of the molecule is O=C(NCCCn1ccnc1)c1ccc(CCl)cc1. The van der Waals surface area contributed by atoms with Gasteiger partial charge in [-0.1, -0.05) is 12.1 Å². The second kappa shape index (κ2) is 6.95. The summed E-state index contributed by atoms with van der Waals surface area (Å²) in [6, 6.07) is 7.33. The Hall–Kier alpha value is -1.81. The lowest BCUT2D eigenvalue weighted by atomic mass is 10.1. The number of alkyl halides is 1. The number of hydrogen-bond donors (Lipinski definition) is 1. The number of nitrogens with zero attached hydrogens (tertiary/aromatic N) is 2. The first-order chi connectivity index (χ1) is 9.29. The minimum Gasteiger partial charge on any atom is -0.352 e. The van der Waals surface area contributed by atoms with Crippen LogP contribution >= 0.6 is 11.6 Å². The van der Waals surface area contributed by atoms with Crippen LogP contribution in [0.25, 0.3) is 0 Å². The van der Waals surface area contributed by atoms with E-state index in [1.54, 1.807) is 24.7 Å². The molecule has 0 atom stereocenters. The standard InChI is InChI=1S/C14H16ClN3O/c15-10-12-2-4-13(5-3-12)14(19)17-6-1-8-18-9-7-16-11-18/h2-5,7,9,11H,1,6,8,10H2,(H,17,19). The normalized spacial score (nSPS) is 10.4. The highest BCUT2D eigenvalue weighted by molar-refractivity contribution is 6.17. The largest absolute Gasteiger partial charge is 0.352 e. The maximum atomic E-state index is 11.8. The van der Waals surface area contributed by atoms with Crippen molar-refractivity contribution in [1.29, 1.82) is 0 Å². The van der Waals surface area contributed by atoms with Gasteiger partial charge in [0.15, 0.2) is 0 Å². The number of benzene rings is 1. The van der Waals surface area contributed by atoms with Gasteiger partial charge in [0.2, 0.25) is 0 Å². The fraction of sp³-hybridized carbons (Fsp3) is 0.286. The lowest BCUT2D eigenvalue weighted by molar-refractivity contribution is 0.0952. The van der Waals surface area contributed by atoms with E-state index in [1.807, 2.05) is 22.9 Å². The maximum Gasteiger partial charge on any atom is 0.251 e. The lowest BCUT2D eigenvalue weighted by Gasteiger charge is -2.06. The number of aromatic nitrogens is 2. The molecule has 1 N–H and O–H groups in total. The van der Waals surface area contributed by atoms with Gasteiger partial charge < -0.3 is 9.88 Å². The predicted molar refractivity (Wildman–Crippen MR) is 75.2 cm³/mol. The van der Waals surface area contributed by atoms with Crippen LogP contribution in [-0.4, -0.2) is 22.0 Å². The van der Waals surface area contributed by atoms with E-state index in [4.69, 9.17) is 11.6 Å². The zero-order valence-electron chi connectivity index (χ0n) is 10.6. The minimum atomic E-state index is -0.0493. The average molecular weight is 278 g/mol. The first-order valence-corrected chi connectivity index (χ1v) is 6.72. The third kappa shape index (κ3) is 4.10. The van der Waals surface area contributed by atoms with E-state index in [2.05, 4.69) is 10.3 Å². The molecule has 0 spiro atoms. The predicted octanol–water partition coefficient (Wildman–Crippen LogP) is 2.44. The van der Waals surface area contributed by atoms with Crippen molar-refractivity contribution in [2.24, 2.45) is 0 Å². The minimum absolute atomic E-state index is 0.0493. The monoisotopic (exact) mass is 277 g/mol. The summed E-state index contributed by atoms with van der Waals surface area (Å²) in [7, 11) is 0. The van der Waals surface area contributed by atoms with Crippen LogP contribution in [0.15, 0.2) is 43.0 Å². The molecule has 0 radical (unpaired) electrons. The summed E-state index contributed by atoms with van der Waals surface area (Å²) in [4.78, 5) is 15.8. The number of rotatable bonds is 6. The van der Waals surface area contributed by atoms with E-state index in [-0.39, 0.29) is 5.91 Å². The van der Waals surface area contributed by atoms with Gasteiger partial charge in [0.05, 0.1) is 6.33 Å². The second-order valence-corrected chi connectivity index (χ2v) is 4.51. The molecule has 0 bridgehead atoms. The zero-order chi connectivity index (χ0) is 13.5. The molecule has 1 aromatic heterocycles. The van der Waals surface area contributed by atoms with Gasteiger partial charge in [-0.25, -0.2) is 4.98 Å². The molecule has 0 unspecified atom stereocenters. The van der Waals surface area contributed by atoms with E-state index in [0.717, 1.165) is 18.5 Å². The van der Waals surface area contributed by atoms with Crippen LogP contribution in [0, 0.1) is 0 Å². The van der Waals surface area contributed by atoms with Crippen molar-refractivity contribution in [3.63, 3.8) is 0 Å². The molecule has 4 nitrogen and oxygen atoms in total. The molecule has 1 aromatic carbocycles. The Morgan fingerprint density at radius 2 is 2.11 bits per heavy atom. The molecule has 5 heteroatoms. The van der Waals surface area contributed by atoms with Crippen LogP contribution in [0.5, 0.6) is 0 Å². The summed E-state index contributed by atoms with van der Waals surface area (Å²) in [5.74, 6) is 0.416. The van der Waals surface area contributed by atoms with E-state index in [9.17, 15) is 4.79 Å². The van der Waals surface area contributed by atoms with Crippen LogP contribution in [0.4, 0.5) is 0 Å². The van der Waals surface area contributed by atoms with Crippen LogP contribution in [0.1, 0.15) is 22.3 Å². The van der Waals surface area contributed by atoms with Gasteiger partial charge in [-0.15, -0.1) is 11.6 Å². The van der Waals surface area contributed by atoms with Crippen LogP contribution in [0.2, 0.25) is 0 Å². The van der Waals surface area contributed by atoms with Crippen molar-refractivity contribution in [2.45, 2.75) is 18.8 Å². The van der Waals surface area contributed by atoms with Gasteiger partial charge in [-0.2, -0.15) is 0 Å². The third-order valence-electron chi connectivity index (χ3n) is 2.81. The molecule has 0 aliphatic rings. The average Bonchev–Trinajstić information content (AvgIpc) is 2.96. The molecule has 19 heavy (non-hydrogen) atoms. The van der Waals surface area contributed by atoms with Crippen LogP contribution in [-0.2, 0) is 12.4 Å². The molecule has 0 saturated carbocycles. The van der Waals surface area contributed by atoms with Gasteiger partial charge in [0, 0.05) is 36.9 Å². The summed E-state index contributed by atoms with van der Waals surface area (Å²) < 4.78 is 1.99. The molecule has 2 rings (SSSR count). The molecule has 0 fully saturated rings. The third-order valence-corrected chi connectivity index (χ3v) is 3.12. The van der Waals surface area contributed by atoms with Gasteiger partial charge in [-0.05, 0) is 24.1 Å². The summed E-state index contributed by atoms with van der Waals surface area (Å²) in [5.41, 5.74) is 1.68. The Bertz CT molecular complexity index is 508. The highest BCUT2D eigenvalue weighted by atomic mass is 35.5. The van der Waals surface area contributed by atoms with Crippen molar-refractivity contribution in [2.75, 3.05) is 6.54 Å². The number of nitrogens with one attached hydrogen (secondary N) is 1. The summed E-state index contributed by atoms with van der Waals surface area (Å²) >= 11 is 5.70. The van der Waals surface area contributed by atoms with E-state index in [0.29, 0.717) is 18.0 Å².